The van der Waals surface area contributed by atoms with Gasteiger partial charge in [0.15, 0.2) is 11.5 Å². The van der Waals surface area contributed by atoms with Gasteiger partial charge >= 0.3 is 0 Å². The molecule has 1 N–H and O–H groups in total. The van der Waals surface area contributed by atoms with E-state index in [1.165, 1.54) is 35.6 Å². The van der Waals surface area contributed by atoms with Crippen molar-refractivity contribution in [3.05, 3.63) is 65.1 Å². The Labute approximate surface area is 151 Å². The molecular formula is C16H11ClF2N4OS. The van der Waals surface area contributed by atoms with Gasteiger partial charge in [-0.1, -0.05) is 23.4 Å². The van der Waals surface area contributed by atoms with E-state index < -0.39 is 17.5 Å². The van der Waals surface area contributed by atoms with Gasteiger partial charge in [0.2, 0.25) is 0 Å². The van der Waals surface area contributed by atoms with Gasteiger partial charge in [-0.25, -0.2) is 18.4 Å². The van der Waals surface area contributed by atoms with Gasteiger partial charge in [-0.05, 0) is 24.3 Å². The summed E-state index contributed by atoms with van der Waals surface area (Å²) < 4.78 is 28.6. The number of rotatable bonds is 4. The molecule has 3 rings (SSSR count). The Morgan fingerprint density at radius 1 is 1.24 bits per heavy atom. The summed E-state index contributed by atoms with van der Waals surface area (Å²) in [5.41, 5.74) is 0.136. The summed E-state index contributed by atoms with van der Waals surface area (Å²) in [6, 6.07) is 8.00. The van der Waals surface area contributed by atoms with Crippen molar-refractivity contribution in [2.24, 2.45) is 0 Å². The second-order valence-corrected chi connectivity index (χ2v) is 6.35. The van der Waals surface area contributed by atoms with Crippen LogP contribution < -0.4 is 5.32 Å². The predicted octanol–water partition coefficient (Wildman–Crippen LogP) is 3.71. The van der Waals surface area contributed by atoms with E-state index in [1.54, 1.807) is 18.3 Å². The van der Waals surface area contributed by atoms with E-state index >= 15 is 0 Å². The van der Waals surface area contributed by atoms with Crippen LogP contribution in [0.15, 0.2) is 52.5 Å². The van der Waals surface area contributed by atoms with Crippen LogP contribution in [0.2, 0.25) is 5.15 Å². The smallest absolute Gasteiger partial charge is 0.271 e. The summed E-state index contributed by atoms with van der Waals surface area (Å²) in [4.78, 5) is 16.6. The highest BCUT2D eigenvalue weighted by Crippen LogP contribution is 2.31. The van der Waals surface area contributed by atoms with E-state index in [0.717, 1.165) is 17.0 Å². The summed E-state index contributed by atoms with van der Waals surface area (Å²) in [6.45, 7) is 0. The Hall–Kier alpha value is -2.45. The lowest BCUT2D eigenvalue weighted by Crippen LogP contribution is -2.18. The van der Waals surface area contributed by atoms with E-state index in [2.05, 4.69) is 15.4 Å². The molecule has 0 aliphatic carbocycles. The molecule has 128 valence electrons. The van der Waals surface area contributed by atoms with Crippen LogP contribution in [0, 0.1) is 11.6 Å². The number of hydrogen-bond donors (Lipinski definition) is 1. The van der Waals surface area contributed by atoms with Gasteiger partial charge < -0.3 is 5.32 Å². The summed E-state index contributed by atoms with van der Waals surface area (Å²) in [5, 5.41) is 7.40. The van der Waals surface area contributed by atoms with Crippen LogP contribution in [0.1, 0.15) is 10.5 Å². The van der Waals surface area contributed by atoms with E-state index in [-0.39, 0.29) is 11.4 Å². The molecule has 9 heteroatoms. The number of pyridine rings is 1. The Morgan fingerprint density at radius 2 is 2.04 bits per heavy atom. The fourth-order valence-electron chi connectivity index (χ4n) is 2.04. The lowest BCUT2D eigenvalue weighted by molar-refractivity contribution is 0.0957. The quantitative estimate of drug-likeness (QED) is 0.701. The number of carbonyl (C=O) groups excluding carboxylic acids is 1. The third-order valence-electron chi connectivity index (χ3n) is 3.20. The number of amides is 1. The van der Waals surface area contributed by atoms with E-state index in [1.807, 2.05) is 0 Å². The first-order valence-corrected chi connectivity index (χ1v) is 8.24. The molecule has 1 amide bonds. The van der Waals surface area contributed by atoms with Crippen LogP contribution >= 0.6 is 23.4 Å². The summed E-state index contributed by atoms with van der Waals surface area (Å²) in [5.74, 6) is -1.91. The zero-order valence-electron chi connectivity index (χ0n) is 12.8. The lowest BCUT2D eigenvalue weighted by atomic mass is 10.3. The number of aromatic nitrogens is 3. The molecule has 0 unspecified atom stereocenters. The maximum absolute atomic E-state index is 14.2. The SMILES string of the molecule is CNC(=O)c1cc(Sc2ccc(Cl)nc2)n(-c2ccc(F)cc2F)n1. The molecule has 0 saturated heterocycles. The first kappa shape index (κ1) is 17.4. The molecule has 0 radical (unpaired) electrons. The molecule has 0 atom stereocenters. The Morgan fingerprint density at radius 3 is 2.68 bits per heavy atom. The van der Waals surface area contributed by atoms with Gasteiger partial charge in [-0.3, -0.25) is 4.79 Å². The number of nitrogens with zero attached hydrogens (tertiary/aromatic N) is 3. The fourth-order valence-corrected chi connectivity index (χ4v) is 3.04. The van der Waals surface area contributed by atoms with Crippen molar-refractivity contribution in [2.45, 2.75) is 9.92 Å². The van der Waals surface area contributed by atoms with Gasteiger partial charge in [0.05, 0.1) is 0 Å². The highest BCUT2D eigenvalue weighted by atomic mass is 35.5. The zero-order valence-corrected chi connectivity index (χ0v) is 14.4. The highest BCUT2D eigenvalue weighted by Gasteiger charge is 2.18. The second-order valence-electron chi connectivity index (χ2n) is 4.87. The normalized spacial score (nSPS) is 10.7. The highest BCUT2D eigenvalue weighted by molar-refractivity contribution is 7.99. The monoisotopic (exact) mass is 380 g/mol. The Balaban J connectivity index is 2.07. The average molecular weight is 381 g/mol. The maximum Gasteiger partial charge on any atom is 0.271 e. The summed E-state index contributed by atoms with van der Waals surface area (Å²) >= 11 is 6.98. The first-order chi connectivity index (χ1) is 12.0. The molecule has 0 fully saturated rings. The van der Waals surface area contributed by atoms with Crippen molar-refractivity contribution in [1.82, 2.24) is 20.1 Å². The molecule has 1 aromatic carbocycles. The van der Waals surface area contributed by atoms with E-state index in [0.29, 0.717) is 10.2 Å². The van der Waals surface area contributed by atoms with Gasteiger partial charge in [0.25, 0.3) is 5.91 Å². The van der Waals surface area contributed by atoms with Crippen LogP contribution in [0.25, 0.3) is 5.69 Å². The van der Waals surface area contributed by atoms with Gasteiger partial charge in [0.1, 0.15) is 21.7 Å². The Kier molecular flexibility index (Phi) is 5.00. The molecule has 0 bridgehead atoms. The maximum atomic E-state index is 14.2. The minimum absolute atomic E-state index is 0.0287. The summed E-state index contributed by atoms with van der Waals surface area (Å²) in [6.07, 6.45) is 1.55. The lowest BCUT2D eigenvalue weighted by Gasteiger charge is -2.08. The Bertz CT molecular complexity index is 930. The minimum atomic E-state index is -0.789. The first-order valence-electron chi connectivity index (χ1n) is 7.05. The number of carbonyl (C=O) groups is 1. The van der Waals surface area contributed by atoms with Crippen LogP contribution in [0.4, 0.5) is 8.78 Å². The third-order valence-corrected chi connectivity index (χ3v) is 4.40. The number of halogens is 3. The predicted molar refractivity (Wildman–Crippen MR) is 90.2 cm³/mol. The van der Waals surface area contributed by atoms with Crippen molar-refractivity contribution in [3.63, 3.8) is 0 Å². The number of benzene rings is 1. The molecule has 0 aliphatic rings. The molecular weight excluding hydrogens is 370 g/mol. The third kappa shape index (κ3) is 3.80. The van der Waals surface area contributed by atoms with Gasteiger partial charge in [-0.2, -0.15) is 5.10 Å². The van der Waals surface area contributed by atoms with Crippen LogP contribution in [-0.2, 0) is 0 Å². The van der Waals surface area contributed by atoms with Crippen LogP contribution in [0.5, 0.6) is 0 Å². The number of nitrogens with one attached hydrogen (secondary N) is 1. The number of hydrogen-bond acceptors (Lipinski definition) is 4. The molecule has 3 aromatic rings. The van der Waals surface area contributed by atoms with Crippen molar-refractivity contribution in [2.75, 3.05) is 7.05 Å². The van der Waals surface area contributed by atoms with Crippen LogP contribution in [0.3, 0.4) is 0 Å². The van der Waals surface area contributed by atoms with Gasteiger partial charge in [-0.15, -0.1) is 0 Å². The fraction of sp³-hybridized carbons (Fsp3) is 0.0625. The minimum Gasteiger partial charge on any atom is -0.354 e. The zero-order chi connectivity index (χ0) is 18.0. The van der Waals surface area contributed by atoms with Crippen molar-refractivity contribution >= 4 is 29.3 Å². The standard InChI is InChI=1S/C16H11ClF2N4OS/c1-20-16(24)12-7-15(25-10-3-5-14(17)21-8-10)23(22-12)13-4-2-9(18)6-11(13)19/h2-8H,1H3,(H,20,24). The van der Waals surface area contributed by atoms with Crippen LogP contribution in [-0.4, -0.2) is 27.7 Å². The summed E-state index contributed by atoms with van der Waals surface area (Å²) in [7, 11) is 1.47. The van der Waals surface area contributed by atoms with Crippen molar-refractivity contribution in [3.8, 4) is 5.69 Å². The molecule has 25 heavy (non-hydrogen) atoms. The largest absolute Gasteiger partial charge is 0.354 e. The second kappa shape index (κ2) is 7.20. The molecule has 2 heterocycles. The average Bonchev–Trinajstić information content (AvgIpc) is 3.00. The molecule has 0 aliphatic heterocycles. The van der Waals surface area contributed by atoms with Crippen molar-refractivity contribution in [1.29, 1.82) is 0 Å². The van der Waals surface area contributed by atoms with E-state index in [4.69, 9.17) is 11.6 Å². The van der Waals surface area contributed by atoms with Gasteiger partial charge in [0, 0.05) is 30.3 Å². The molecule has 2 aromatic heterocycles. The molecule has 0 spiro atoms. The molecule has 5 nitrogen and oxygen atoms in total. The topological polar surface area (TPSA) is 59.8 Å². The van der Waals surface area contributed by atoms with E-state index in [9.17, 15) is 13.6 Å². The molecule has 0 saturated carbocycles. The van der Waals surface area contributed by atoms with Crippen molar-refractivity contribution < 1.29 is 13.6 Å².